The first-order valence-electron chi connectivity index (χ1n) is 1.91. The minimum absolute atomic E-state index is 0.0648. The third kappa shape index (κ3) is 2.11. The lowest BCUT2D eigenvalue weighted by Gasteiger charge is -1.87. The summed E-state index contributed by atoms with van der Waals surface area (Å²) < 4.78 is 0. The summed E-state index contributed by atoms with van der Waals surface area (Å²) in [5.74, 6) is 2.38. The molecule has 0 rings (SSSR count). The molecular weight excluding hydrogens is 95.5 g/mol. The van der Waals surface area contributed by atoms with Crippen LogP contribution in [0.15, 0.2) is 0 Å². The second-order valence-corrected chi connectivity index (χ2v) is 1.57. The van der Waals surface area contributed by atoms with Crippen LogP contribution in [0.3, 0.4) is 0 Å². The van der Waals surface area contributed by atoms with Crippen molar-refractivity contribution in [3.8, 4) is 12.3 Å². The molecule has 0 aromatic rings. The molecule has 0 spiro atoms. The molecule has 0 aliphatic rings. The van der Waals surface area contributed by atoms with Crippen molar-refractivity contribution in [3.05, 3.63) is 0 Å². The number of rotatable bonds is 1. The van der Waals surface area contributed by atoms with E-state index in [1.54, 1.807) is 0 Å². The van der Waals surface area contributed by atoms with Gasteiger partial charge >= 0.3 is 0 Å². The van der Waals surface area contributed by atoms with E-state index in [0.29, 0.717) is 0 Å². The topological polar surface area (TPSA) is 0 Å². The summed E-state index contributed by atoms with van der Waals surface area (Å²) in [6.45, 7) is 1.96. The van der Waals surface area contributed by atoms with E-state index < -0.39 is 0 Å². The van der Waals surface area contributed by atoms with Crippen molar-refractivity contribution in [1.29, 1.82) is 0 Å². The normalized spacial score (nSPS) is 12.8. The highest BCUT2D eigenvalue weighted by molar-refractivity contribution is 6.22. The van der Waals surface area contributed by atoms with E-state index in [4.69, 9.17) is 18.0 Å². The molecule has 0 bridgehead atoms. The molecule has 0 heterocycles. The van der Waals surface area contributed by atoms with Crippen molar-refractivity contribution in [2.45, 2.75) is 18.7 Å². The maximum atomic E-state index is 5.41. The van der Waals surface area contributed by atoms with E-state index in [1.807, 2.05) is 6.92 Å². The van der Waals surface area contributed by atoms with Crippen LogP contribution in [0.1, 0.15) is 13.3 Å². The molecule has 0 aromatic carbocycles. The predicted octanol–water partition coefficient (Wildman–Crippen LogP) is 1.64. The standard InChI is InChI=1S/C5H7Cl/c1-3-5(6)4-2/h1,5H,4H2,2H3. The van der Waals surface area contributed by atoms with Crippen molar-refractivity contribution in [3.63, 3.8) is 0 Å². The average molecular weight is 103 g/mol. The summed E-state index contributed by atoms with van der Waals surface area (Å²) in [4.78, 5) is 0. The lowest BCUT2D eigenvalue weighted by molar-refractivity contribution is 0.991. The van der Waals surface area contributed by atoms with Crippen molar-refractivity contribution < 1.29 is 0 Å². The largest absolute Gasteiger partial charge is 0.119 e. The third-order valence-electron chi connectivity index (χ3n) is 0.539. The number of hydrogen-bond donors (Lipinski definition) is 0. The number of hydrogen-bond acceptors (Lipinski definition) is 0. The molecule has 0 amide bonds. The maximum Gasteiger partial charge on any atom is 0.0937 e. The molecule has 1 atom stereocenters. The molecule has 0 fully saturated rings. The van der Waals surface area contributed by atoms with Gasteiger partial charge in [0.1, 0.15) is 0 Å². The van der Waals surface area contributed by atoms with Crippen LogP contribution >= 0.6 is 11.6 Å². The van der Waals surface area contributed by atoms with Crippen LogP contribution in [0.5, 0.6) is 0 Å². The molecule has 0 aliphatic heterocycles. The lowest BCUT2D eigenvalue weighted by Crippen LogP contribution is -1.86. The van der Waals surface area contributed by atoms with Crippen LogP contribution in [0.25, 0.3) is 0 Å². The number of halogens is 1. The van der Waals surface area contributed by atoms with Gasteiger partial charge in [-0.3, -0.25) is 0 Å². The van der Waals surface area contributed by atoms with Gasteiger partial charge < -0.3 is 0 Å². The van der Waals surface area contributed by atoms with Crippen LogP contribution in [0, 0.1) is 12.3 Å². The molecule has 0 saturated carbocycles. The molecule has 0 saturated heterocycles. The fourth-order valence-electron chi connectivity index (χ4n) is 0.118. The fourth-order valence-corrected chi connectivity index (χ4v) is 0.118. The summed E-state index contributed by atoms with van der Waals surface area (Å²) in [7, 11) is 0. The summed E-state index contributed by atoms with van der Waals surface area (Å²) in [5.41, 5.74) is 0. The Kier molecular flexibility index (Phi) is 2.98. The Hall–Kier alpha value is -0.150. The summed E-state index contributed by atoms with van der Waals surface area (Å²) in [6, 6.07) is 0. The lowest BCUT2D eigenvalue weighted by atomic mass is 10.3. The van der Waals surface area contributed by atoms with E-state index in [1.165, 1.54) is 0 Å². The Morgan fingerprint density at radius 2 is 2.50 bits per heavy atom. The SMILES string of the molecule is C#CC(Cl)CC. The molecular formula is C5H7Cl. The Balaban J connectivity index is 3.04. The van der Waals surface area contributed by atoms with Crippen LogP contribution in [0.2, 0.25) is 0 Å². The summed E-state index contributed by atoms with van der Waals surface area (Å²) in [5, 5.41) is -0.0648. The van der Waals surface area contributed by atoms with Crippen molar-refractivity contribution >= 4 is 11.6 Å². The van der Waals surface area contributed by atoms with Gasteiger partial charge in [0.2, 0.25) is 0 Å². The van der Waals surface area contributed by atoms with Crippen molar-refractivity contribution in [2.24, 2.45) is 0 Å². The molecule has 6 heavy (non-hydrogen) atoms. The molecule has 0 aliphatic carbocycles. The average Bonchev–Trinajstić information content (AvgIpc) is 1.65. The predicted molar refractivity (Wildman–Crippen MR) is 28.8 cm³/mol. The Morgan fingerprint density at radius 1 is 2.00 bits per heavy atom. The Morgan fingerprint density at radius 3 is 2.50 bits per heavy atom. The Labute approximate surface area is 43.5 Å². The first kappa shape index (κ1) is 5.85. The smallest absolute Gasteiger partial charge is 0.0937 e. The fraction of sp³-hybridized carbons (Fsp3) is 0.600. The molecule has 0 N–H and O–H groups in total. The van der Waals surface area contributed by atoms with E-state index in [0.717, 1.165) is 6.42 Å². The number of alkyl halides is 1. The first-order chi connectivity index (χ1) is 2.81. The van der Waals surface area contributed by atoms with E-state index >= 15 is 0 Å². The summed E-state index contributed by atoms with van der Waals surface area (Å²) >= 11 is 5.41. The molecule has 1 heteroatoms. The molecule has 1 unspecified atom stereocenters. The zero-order valence-electron chi connectivity index (χ0n) is 3.74. The van der Waals surface area contributed by atoms with Gasteiger partial charge in [0, 0.05) is 0 Å². The first-order valence-corrected chi connectivity index (χ1v) is 2.35. The second-order valence-electron chi connectivity index (χ2n) is 1.04. The van der Waals surface area contributed by atoms with Crippen LogP contribution < -0.4 is 0 Å². The number of terminal acetylenes is 1. The van der Waals surface area contributed by atoms with Gasteiger partial charge in [0.05, 0.1) is 5.38 Å². The molecule has 0 aromatic heterocycles. The van der Waals surface area contributed by atoms with Gasteiger partial charge in [0.15, 0.2) is 0 Å². The maximum absolute atomic E-state index is 5.41. The molecule has 0 nitrogen and oxygen atoms in total. The van der Waals surface area contributed by atoms with Crippen molar-refractivity contribution in [2.75, 3.05) is 0 Å². The second kappa shape index (κ2) is 3.06. The van der Waals surface area contributed by atoms with E-state index in [9.17, 15) is 0 Å². The minimum Gasteiger partial charge on any atom is -0.119 e. The van der Waals surface area contributed by atoms with Gasteiger partial charge in [-0.15, -0.1) is 18.0 Å². The van der Waals surface area contributed by atoms with Crippen LogP contribution in [0.4, 0.5) is 0 Å². The Bertz CT molecular complexity index is 60.8. The highest BCUT2D eigenvalue weighted by Gasteiger charge is 1.88. The van der Waals surface area contributed by atoms with Crippen molar-refractivity contribution in [1.82, 2.24) is 0 Å². The van der Waals surface area contributed by atoms with Crippen LogP contribution in [-0.2, 0) is 0 Å². The highest BCUT2D eigenvalue weighted by Crippen LogP contribution is 1.95. The summed E-state index contributed by atoms with van der Waals surface area (Å²) in [6.07, 6.45) is 5.76. The van der Waals surface area contributed by atoms with Gasteiger partial charge in [-0.05, 0) is 6.42 Å². The monoisotopic (exact) mass is 102 g/mol. The van der Waals surface area contributed by atoms with E-state index in [-0.39, 0.29) is 5.38 Å². The minimum atomic E-state index is -0.0648. The van der Waals surface area contributed by atoms with Gasteiger partial charge in [-0.2, -0.15) is 0 Å². The zero-order chi connectivity index (χ0) is 4.99. The van der Waals surface area contributed by atoms with Crippen LogP contribution in [-0.4, -0.2) is 5.38 Å². The van der Waals surface area contributed by atoms with Gasteiger partial charge in [0.25, 0.3) is 0 Å². The molecule has 34 valence electrons. The third-order valence-corrected chi connectivity index (χ3v) is 0.974. The quantitative estimate of drug-likeness (QED) is 0.349. The van der Waals surface area contributed by atoms with Gasteiger partial charge in [-0.25, -0.2) is 0 Å². The van der Waals surface area contributed by atoms with E-state index in [2.05, 4.69) is 5.92 Å². The molecule has 0 radical (unpaired) electrons. The van der Waals surface area contributed by atoms with Gasteiger partial charge in [-0.1, -0.05) is 12.8 Å². The zero-order valence-corrected chi connectivity index (χ0v) is 4.50. The highest BCUT2D eigenvalue weighted by atomic mass is 35.5.